The highest BCUT2D eigenvalue weighted by molar-refractivity contribution is 6.30. The van der Waals surface area contributed by atoms with Gasteiger partial charge >= 0.3 is 0 Å². The molecule has 1 aromatic rings. The van der Waals surface area contributed by atoms with Gasteiger partial charge in [0, 0.05) is 29.8 Å². The van der Waals surface area contributed by atoms with Crippen LogP contribution in [0, 0.1) is 5.92 Å². The Morgan fingerprint density at radius 1 is 1.42 bits per heavy atom. The Balaban J connectivity index is 2.22. The molecule has 1 saturated carbocycles. The van der Waals surface area contributed by atoms with Crippen LogP contribution in [0.2, 0.25) is 5.02 Å². The first kappa shape index (κ1) is 14.7. The summed E-state index contributed by atoms with van der Waals surface area (Å²) in [5.74, 6) is 0.855. The molecule has 2 atom stereocenters. The van der Waals surface area contributed by atoms with Crippen LogP contribution in [0.3, 0.4) is 0 Å². The minimum Gasteiger partial charge on any atom is -0.371 e. The molecule has 0 aliphatic heterocycles. The molecule has 1 aliphatic rings. The third-order valence-corrected chi connectivity index (χ3v) is 4.58. The SMILES string of the molecule is CCC(N)Cc1cc(Cl)ccc1N(C)C(C)C1CC1. The fraction of sp³-hybridized carbons (Fsp3) is 0.625. The molecule has 3 heteroatoms. The molecule has 0 amide bonds. The Bertz CT molecular complexity index is 429. The summed E-state index contributed by atoms with van der Waals surface area (Å²) in [6.07, 6.45) is 4.62. The number of anilines is 1. The van der Waals surface area contributed by atoms with Crippen molar-refractivity contribution in [2.24, 2.45) is 11.7 Å². The highest BCUT2D eigenvalue weighted by Crippen LogP contribution is 2.37. The first-order valence-electron chi connectivity index (χ1n) is 7.29. The second kappa shape index (κ2) is 6.15. The summed E-state index contributed by atoms with van der Waals surface area (Å²) in [5.41, 5.74) is 8.67. The van der Waals surface area contributed by atoms with E-state index in [1.54, 1.807) is 0 Å². The molecule has 0 heterocycles. The second-order valence-electron chi connectivity index (χ2n) is 5.83. The molecular formula is C16H25ClN2. The molecule has 2 rings (SSSR count). The van der Waals surface area contributed by atoms with Crippen LogP contribution in [-0.2, 0) is 6.42 Å². The zero-order chi connectivity index (χ0) is 14.0. The van der Waals surface area contributed by atoms with Crippen molar-refractivity contribution in [3.63, 3.8) is 0 Å². The van der Waals surface area contributed by atoms with Crippen LogP contribution in [0.25, 0.3) is 0 Å². The molecular weight excluding hydrogens is 256 g/mol. The van der Waals surface area contributed by atoms with Gasteiger partial charge in [0.1, 0.15) is 0 Å². The first-order valence-corrected chi connectivity index (χ1v) is 7.67. The number of benzene rings is 1. The molecule has 19 heavy (non-hydrogen) atoms. The van der Waals surface area contributed by atoms with Crippen molar-refractivity contribution in [1.29, 1.82) is 0 Å². The third kappa shape index (κ3) is 3.64. The lowest BCUT2D eigenvalue weighted by Crippen LogP contribution is -2.32. The van der Waals surface area contributed by atoms with E-state index in [0.717, 1.165) is 23.8 Å². The van der Waals surface area contributed by atoms with E-state index >= 15 is 0 Å². The normalized spacial score (nSPS) is 18.2. The Labute approximate surface area is 121 Å². The Hall–Kier alpha value is -0.730. The zero-order valence-electron chi connectivity index (χ0n) is 12.2. The molecule has 1 fully saturated rings. The number of hydrogen-bond donors (Lipinski definition) is 1. The van der Waals surface area contributed by atoms with Gasteiger partial charge in [0.05, 0.1) is 0 Å². The Kier molecular flexibility index (Phi) is 4.75. The van der Waals surface area contributed by atoms with E-state index in [2.05, 4.69) is 37.9 Å². The number of halogens is 1. The predicted octanol–water partition coefficient (Wildman–Crippen LogP) is 3.85. The van der Waals surface area contributed by atoms with Crippen molar-refractivity contribution in [2.45, 2.75) is 51.6 Å². The lowest BCUT2D eigenvalue weighted by atomic mass is 10.0. The van der Waals surface area contributed by atoms with Gasteiger partial charge in [0.25, 0.3) is 0 Å². The van der Waals surface area contributed by atoms with Gasteiger partial charge in [-0.2, -0.15) is 0 Å². The number of nitrogens with zero attached hydrogens (tertiary/aromatic N) is 1. The van der Waals surface area contributed by atoms with E-state index in [4.69, 9.17) is 17.3 Å². The maximum Gasteiger partial charge on any atom is 0.0410 e. The molecule has 0 bridgehead atoms. The van der Waals surface area contributed by atoms with E-state index in [1.165, 1.54) is 24.1 Å². The van der Waals surface area contributed by atoms with Gasteiger partial charge in [-0.25, -0.2) is 0 Å². The summed E-state index contributed by atoms with van der Waals surface area (Å²) in [6, 6.07) is 7.00. The molecule has 0 aromatic heterocycles. The lowest BCUT2D eigenvalue weighted by Gasteiger charge is -2.30. The minimum atomic E-state index is 0.210. The highest BCUT2D eigenvalue weighted by Gasteiger charge is 2.31. The molecule has 2 nitrogen and oxygen atoms in total. The van der Waals surface area contributed by atoms with Crippen molar-refractivity contribution in [3.05, 3.63) is 28.8 Å². The molecule has 0 spiro atoms. The maximum atomic E-state index is 6.14. The highest BCUT2D eigenvalue weighted by atomic mass is 35.5. The van der Waals surface area contributed by atoms with E-state index in [-0.39, 0.29) is 6.04 Å². The fourth-order valence-electron chi connectivity index (χ4n) is 2.60. The van der Waals surface area contributed by atoms with Gasteiger partial charge in [0.2, 0.25) is 0 Å². The van der Waals surface area contributed by atoms with Crippen molar-refractivity contribution >= 4 is 17.3 Å². The fourth-order valence-corrected chi connectivity index (χ4v) is 2.80. The van der Waals surface area contributed by atoms with Crippen LogP contribution in [0.4, 0.5) is 5.69 Å². The van der Waals surface area contributed by atoms with Gasteiger partial charge in [0.15, 0.2) is 0 Å². The van der Waals surface area contributed by atoms with Crippen LogP contribution in [0.15, 0.2) is 18.2 Å². The molecule has 2 unspecified atom stereocenters. The van der Waals surface area contributed by atoms with Crippen LogP contribution >= 0.6 is 11.6 Å². The average Bonchev–Trinajstić information content (AvgIpc) is 3.21. The molecule has 1 aliphatic carbocycles. The van der Waals surface area contributed by atoms with Crippen molar-refractivity contribution in [1.82, 2.24) is 0 Å². The van der Waals surface area contributed by atoms with Gasteiger partial charge in [-0.1, -0.05) is 18.5 Å². The standard InChI is InChI=1S/C16H25ClN2/c1-4-15(18)10-13-9-14(17)7-8-16(13)19(3)11(2)12-5-6-12/h7-9,11-12,15H,4-6,10,18H2,1-3H3. The second-order valence-corrected chi connectivity index (χ2v) is 6.27. The monoisotopic (exact) mass is 280 g/mol. The van der Waals surface area contributed by atoms with Crippen LogP contribution < -0.4 is 10.6 Å². The first-order chi connectivity index (χ1) is 9.02. The van der Waals surface area contributed by atoms with E-state index in [9.17, 15) is 0 Å². The molecule has 1 aromatic carbocycles. The molecule has 2 N–H and O–H groups in total. The molecule has 106 valence electrons. The van der Waals surface area contributed by atoms with Crippen molar-refractivity contribution in [3.8, 4) is 0 Å². The lowest BCUT2D eigenvalue weighted by molar-refractivity contribution is 0.601. The number of hydrogen-bond acceptors (Lipinski definition) is 2. The largest absolute Gasteiger partial charge is 0.371 e. The van der Waals surface area contributed by atoms with Gasteiger partial charge < -0.3 is 10.6 Å². The maximum absolute atomic E-state index is 6.14. The number of rotatable bonds is 6. The zero-order valence-corrected chi connectivity index (χ0v) is 13.0. The average molecular weight is 281 g/mol. The summed E-state index contributed by atoms with van der Waals surface area (Å²) in [4.78, 5) is 2.39. The summed E-state index contributed by atoms with van der Waals surface area (Å²) >= 11 is 6.14. The third-order valence-electron chi connectivity index (χ3n) is 4.34. The van der Waals surface area contributed by atoms with E-state index in [0.29, 0.717) is 6.04 Å². The topological polar surface area (TPSA) is 29.3 Å². The van der Waals surface area contributed by atoms with Gasteiger partial charge in [-0.05, 0) is 62.3 Å². The van der Waals surface area contributed by atoms with Crippen LogP contribution in [0.1, 0.15) is 38.7 Å². The summed E-state index contributed by atoms with van der Waals surface area (Å²) in [7, 11) is 2.19. The van der Waals surface area contributed by atoms with Crippen LogP contribution in [-0.4, -0.2) is 19.1 Å². The quantitative estimate of drug-likeness (QED) is 0.857. The van der Waals surface area contributed by atoms with Crippen molar-refractivity contribution in [2.75, 3.05) is 11.9 Å². The van der Waals surface area contributed by atoms with Crippen molar-refractivity contribution < 1.29 is 0 Å². The van der Waals surface area contributed by atoms with Crippen LogP contribution in [0.5, 0.6) is 0 Å². The molecule has 0 radical (unpaired) electrons. The van der Waals surface area contributed by atoms with E-state index < -0.39 is 0 Å². The Morgan fingerprint density at radius 2 is 2.11 bits per heavy atom. The summed E-state index contributed by atoms with van der Waals surface area (Å²) in [5, 5.41) is 0.800. The molecule has 0 saturated heterocycles. The minimum absolute atomic E-state index is 0.210. The summed E-state index contributed by atoms with van der Waals surface area (Å²) < 4.78 is 0. The Morgan fingerprint density at radius 3 is 2.68 bits per heavy atom. The van der Waals surface area contributed by atoms with E-state index in [1.807, 2.05) is 6.07 Å². The smallest absolute Gasteiger partial charge is 0.0410 e. The number of nitrogens with two attached hydrogens (primary N) is 1. The summed E-state index contributed by atoms with van der Waals surface area (Å²) in [6.45, 7) is 4.45. The predicted molar refractivity (Wildman–Crippen MR) is 84.0 cm³/mol. The van der Waals surface area contributed by atoms with Gasteiger partial charge in [-0.3, -0.25) is 0 Å². The van der Waals surface area contributed by atoms with Gasteiger partial charge in [-0.15, -0.1) is 0 Å².